The summed E-state index contributed by atoms with van der Waals surface area (Å²) < 4.78 is 5.04. The number of nitrogens with zero attached hydrogens (tertiary/aromatic N) is 2. The minimum absolute atomic E-state index is 0.0300. The molecule has 0 saturated carbocycles. The predicted molar refractivity (Wildman–Crippen MR) is 83.6 cm³/mol. The lowest BCUT2D eigenvalue weighted by molar-refractivity contribution is -0.143. The molecule has 0 spiro atoms. The van der Waals surface area contributed by atoms with Gasteiger partial charge in [0.1, 0.15) is 12.4 Å². The Hall–Kier alpha value is -1.89. The number of aromatic nitrogens is 2. The summed E-state index contributed by atoms with van der Waals surface area (Å²) >= 11 is 5.61. The van der Waals surface area contributed by atoms with Crippen LogP contribution in [0.5, 0.6) is 0 Å². The van der Waals surface area contributed by atoms with Gasteiger partial charge < -0.3 is 15.4 Å². The molecule has 22 heavy (non-hydrogen) atoms. The Balaban J connectivity index is 2.03. The molecule has 0 aromatic carbocycles. The van der Waals surface area contributed by atoms with E-state index in [0.29, 0.717) is 36.9 Å². The molecule has 122 valence electrons. The lowest BCUT2D eigenvalue weighted by Crippen LogP contribution is -2.23. The van der Waals surface area contributed by atoms with Gasteiger partial charge in [-0.15, -0.1) is 10.2 Å². The molecule has 0 saturated heterocycles. The second-order valence-electron chi connectivity index (χ2n) is 4.59. The summed E-state index contributed by atoms with van der Waals surface area (Å²) in [6.07, 6.45) is 1.97. The topological polar surface area (TPSA) is 93.2 Å². The van der Waals surface area contributed by atoms with Gasteiger partial charge in [0.25, 0.3) is 0 Å². The molecular formula is C14H21ClN4O3. The van der Waals surface area contributed by atoms with E-state index in [0.717, 1.165) is 6.42 Å². The van der Waals surface area contributed by atoms with Gasteiger partial charge >= 0.3 is 5.97 Å². The molecule has 0 fully saturated rings. The fraction of sp³-hybridized carbons (Fsp3) is 0.571. The van der Waals surface area contributed by atoms with Gasteiger partial charge in [0.05, 0.1) is 6.54 Å². The first-order chi connectivity index (χ1) is 10.6. The van der Waals surface area contributed by atoms with Crippen molar-refractivity contribution in [3.05, 3.63) is 17.3 Å². The first-order valence-electron chi connectivity index (χ1n) is 7.27. The molecule has 1 aromatic rings. The van der Waals surface area contributed by atoms with Crippen LogP contribution in [0.4, 0.5) is 5.82 Å². The van der Waals surface area contributed by atoms with E-state index in [1.165, 1.54) is 0 Å². The highest BCUT2D eigenvalue weighted by atomic mass is 35.5. The van der Waals surface area contributed by atoms with Gasteiger partial charge in [0.15, 0.2) is 5.15 Å². The SMILES string of the molecule is CCCNC(=O)CCCC(=O)OCCNc1ccc(Cl)nn1. The lowest BCUT2D eigenvalue weighted by Gasteiger charge is -2.07. The molecule has 0 bridgehead atoms. The molecule has 0 radical (unpaired) electrons. The predicted octanol–water partition coefficient (Wildman–Crippen LogP) is 1.78. The largest absolute Gasteiger partial charge is 0.464 e. The normalized spacial score (nSPS) is 10.1. The van der Waals surface area contributed by atoms with E-state index in [1.54, 1.807) is 12.1 Å². The van der Waals surface area contributed by atoms with Crippen LogP contribution in [0.1, 0.15) is 32.6 Å². The third kappa shape index (κ3) is 8.41. The van der Waals surface area contributed by atoms with Crippen LogP contribution < -0.4 is 10.6 Å². The number of esters is 1. The monoisotopic (exact) mass is 328 g/mol. The third-order valence-electron chi connectivity index (χ3n) is 2.66. The highest BCUT2D eigenvalue weighted by molar-refractivity contribution is 6.29. The maximum absolute atomic E-state index is 11.5. The summed E-state index contributed by atoms with van der Waals surface area (Å²) in [7, 11) is 0. The summed E-state index contributed by atoms with van der Waals surface area (Å²) in [6.45, 7) is 3.31. The molecule has 1 heterocycles. The highest BCUT2D eigenvalue weighted by Crippen LogP contribution is 2.05. The Bertz CT molecular complexity index is 468. The van der Waals surface area contributed by atoms with Gasteiger partial charge in [-0.3, -0.25) is 9.59 Å². The number of hydrogen-bond acceptors (Lipinski definition) is 6. The Morgan fingerprint density at radius 1 is 1.23 bits per heavy atom. The van der Waals surface area contributed by atoms with Crippen molar-refractivity contribution in [3.63, 3.8) is 0 Å². The van der Waals surface area contributed by atoms with Crippen LogP contribution in [0, 0.1) is 0 Å². The van der Waals surface area contributed by atoms with Crippen LogP contribution in [0.2, 0.25) is 5.15 Å². The van der Waals surface area contributed by atoms with Crippen molar-refractivity contribution >= 4 is 29.3 Å². The van der Waals surface area contributed by atoms with Crippen LogP contribution in [0.3, 0.4) is 0 Å². The van der Waals surface area contributed by atoms with E-state index in [4.69, 9.17) is 16.3 Å². The molecule has 7 nitrogen and oxygen atoms in total. The first kappa shape index (κ1) is 18.2. The Labute approximate surface area is 134 Å². The van der Waals surface area contributed by atoms with Gasteiger partial charge in [0.2, 0.25) is 5.91 Å². The zero-order valence-corrected chi connectivity index (χ0v) is 13.4. The average molecular weight is 329 g/mol. The standard InChI is InChI=1S/C14H21ClN4O3/c1-2-8-17-13(20)4-3-5-14(21)22-10-9-16-12-7-6-11(15)18-19-12/h6-7H,2-5,8-10H2,1H3,(H,16,19)(H,17,20). The van der Waals surface area contributed by atoms with Crippen molar-refractivity contribution < 1.29 is 14.3 Å². The van der Waals surface area contributed by atoms with E-state index in [9.17, 15) is 9.59 Å². The Morgan fingerprint density at radius 3 is 2.73 bits per heavy atom. The van der Waals surface area contributed by atoms with Gasteiger partial charge in [0, 0.05) is 19.4 Å². The van der Waals surface area contributed by atoms with Gasteiger partial charge in [-0.05, 0) is 25.0 Å². The summed E-state index contributed by atoms with van der Waals surface area (Å²) in [5, 5.41) is 13.5. The molecule has 1 rings (SSSR count). The maximum atomic E-state index is 11.5. The van der Waals surface area contributed by atoms with Crippen molar-refractivity contribution in [1.82, 2.24) is 15.5 Å². The number of carbonyl (C=O) groups excluding carboxylic acids is 2. The lowest BCUT2D eigenvalue weighted by atomic mass is 10.2. The van der Waals surface area contributed by atoms with E-state index in [-0.39, 0.29) is 24.9 Å². The van der Waals surface area contributed by atoms with Crippen molar-refractivity contribution in [2.45, 2.75) is 32.6 Å². The fourth-order valence-corrected chi connectivity index (χ4v) is 1.67. The number of halogens is 1. The van der Waals surface area contributed by atoms with Crippen molar-refractivity contribution in [2.24, 2.45) is 0 Å². The molecular weight excluding hydrogens is 308 g/mol. The van der Waals surface area contributed by atoms with E-state index >= 15 is 0 Å². The van der Waals surface area contributed by atoms with E-state index < -0.39 is 0 Å². The summed E-state index contributed by atoms with van der Waals surface area (Å²) in [5.41, 5.74) is 0. The van der Waals surface area contributed by atoms with Gasteiger partial charge in [-0.1, -0.05) is 18.5 Å². The second-order valence-corrected chi connectivity index (χ2v) is 4.98. The number of nitrogens with one attached hydrogen (secondary N) is 2. The van der Waals surface area contributed by atoms with Crippen LogP contribution >= 0.6 is 11.6 Å². The number of anilines is 1. The molecule has 0 aliphatic heterocycles. The van der Waals surface area contributed by atoms with Gasteiger partial charge in [-0.2, -0.15) is 0 Å². The molecule has 2 N–H and O–H groups in total. The second kappa shape index (κ2) is 10.8. The quantitative estimate of drug-likeness (QED) is 0.502. The Kier molecular flexibility index (Phi) is 8.90. The molecule has 0 unspecified atom stereocenters. The number of ether oxygens (including phenoxy) is 1. The number of amides is 1. The Morgan fingerprint density at radius 2 is 2.05 bits per heavy atom. The van der Waals surface area contributed by atoms with Crippen LogP contribution in [0.15, 0.2) is 12.1 Å². The average Bonchev–Trinajstić information content (AvgIpc) is 2.51. The van der Waals surface area contributed by atoms with Crippen molar-refractivity contribution in [1.29, 1.82) is 0 Å². The number of rotatable bonds is 10. The van der Waals surface area contributed by atoms with E-state index in [1.807, 2.05) is 6.92 Å². The molecule has 0 atom stereocenters. The van der Waals surface area contributed by atoms with Crippen molar-refractivity contribution in [3.8, 4) is 0 Å². The number of carbonyl (C=O) groups is 2. The third-order valence-corrected chi connectivity index (χ3v) is 2.86. The first-order valence-corrected chi connectivity index (χ1v) is 7.65. The summed E-state index contributed by atoms with van der Waals surface area (Å²) in [5.74, 6) is 0.220. The summed E-state index contributed by atoms with van der Waals surface area (Å²) in [4.78, 5) is 22.8. The van der Waals surface area contributed by atoms with Crippen LogP contribution in [0.25, 0.3) is 0 Å². The molecule has 0 aliphatic carbocycles. The molecule has 1 amide bonds. The summed E-state index contributed by atoms with van der Waals surface area (Å²) in [6, 6.07) is 3.30. The molecule has 1 aromatic heterocycles. The zero-order valence-electron chi connectivity index (χ0n) is 12.6. The van der Waals surface area contributed by atoms with Gasteiger partial charge in [-0.25, -0.2) is 0 Å². The minimum atomic E-state index is -0.313. The van der Waals surface area contributed by atoms with Crippen LogP contribution in [-0.4, -0.2) is 41.8 Å². The van der Waals surface area contributed by atoms with Crippen LogP contribution in [-0.2, 0) is 14.3 Å². The number of hydrogen-bond donors (Lipinski definition) is 2. The van der Waals surface area contributed by atoms with Crippen molar-refractivity contribution in [2.75, 3.05) is 25.0 Å². The highest BCUT2D eigenvalue weighted by Gasteiger charge is 2.05. The fourth-order valence-electron chi connectivity index (χ4n) is 1.57. The smallest absolute Gasteiger partial charge is 0.305 e. The zero-order chi connectivity index (χ0) is 16.2. The molecule has 0 aliphatic rings. The molecule has 8 heteroatoms. The minimum Gasteiger partial charge on any atom is -0.464 e. The maximum Gasteiger partial charge on any atom is 0.305 e. The van der Waals surface area contributed by atoms with E-state index in [2.05, 4.69) is 20.8 Å².